The van der Waals surface area contributed by atoms with E-state index < -0.39 is 9.84 Å². The number of hydrogen-bond acceptors (Lipinski definition) is 4. The van der Waals surface area contributed by atoms with Crippen molar-refractivity contribution < 1.29 is 8.42 Å². The largest absolute Gasteiger partial charge is 0.329 e. The average Bonchev–Trinajstić information content (AvgIpc) is 2.95. The Morgan fingerprint density at radius 2 is 2.00 bits per heavy atom. The second-order valence-corrected chi connectivity index (χ2v) is 8.89. The lowest BCUT2D eigenvalue weighted by Crippen LogP contribution is -2.62. The van der Waals surface area contributed by atoms with Crippen molar-refractivity contribution in [2.45, 2.75) is 62.8 Å². The van der Waals surface area contributed by atoms with Crippen molar-refractivity contribution >= 4 is 9.84 Å². The molecular formula is C14H28N2O2S. The van der Waals surface area contributed by atoms with Gasteiger partial charge in [0.1, 0.15) is 0 Å². The van der Waals surface area contributed by atoms with Gasteiger partial charge in [-0.3, -0.25) is 4.90 Å². The fourth-order valence-corrected chi connectivity index (χ4v) is 6.09. The molecule has 2 N–H and O–H groups in total. The fourth-order valence-electron chi connectivity index (χ4n) is 4.35. The minimum atomic E-state index is -3.03. The number of rotatable bonds is 4. The molecule has 0 spiro atoms. The first kappa shape index (κ1) is 15.3. The first-order valence-electron chi connectivity index (χ1n) is 7.48. The Hall–Kier alpha value is -0.130. The van der Waals surface area contributed by atoms with E-state index >= 15 is 0 Å². The molecule has 2 rings (SSSR count). The van der Waals surface area contributed by atoms with Gasteiger partial charge in [-0.1, -0.05) is 20.3 Å². The minimum absolute atomic E-state index is 0.274. The van der Waals surface area contributed by atoms with Crippen LogP contribution in [0.1, 0.15) is 46.0 Å². The molecule has 1 saturated heterocycles. The summed E-state index contributed by atoms with van der Waals surface area (Å²) in [5.41, 5.74) is 5.79. The number of sulfone groups is 1. The lowest BCUT2D eigenvalue weighted by atomic mass is 9.91. The van der Waals surface area contributed by atoms with Crippen molar-refractivity contribution in [1.82, 2.24) is 4.90 Å². The van der Waals surface area contributed by atoms with E-state index in [1.54, 1.807) is 0 Å². The molecule has 3 unspecified atom stereocenters. The molecule has 1 heterocycles. The number of hydrogen-bond donors (Lipinski definition) is 1. The Balaban J connectivity index is 2.36. The Morgan fingerprint density at radius 3 is 2.53 bits per heavy atom. The molecule has 5 heteroatoms. The van der Waals surface area contributed by atoms with Crippen molar-refractivity contribution in [3.63, 3.8) is 0 Å². The fraction of sp³-hybridized carbons (Fsp3) is 1.00. The summed E-state index contributed by atoms with van der Waals surface area (Å²) in [5.74, 6) is 0.562. The maximum atomic E-state index is 12.2. The quantitative estimate of drug-likeness (QED) is 0.849. The molecule has 1 saturated carbocycles. The molecule has 0 aromatic heterocycles. The van der Waals surface area contributed by atoms with Gasteiger partial charge in [0.2, 0.25) is 0 Å². The normalized spacial score (nSPS) is 37.3. The highest BCUT2D eigenvalue weighted by Crippen LogP contribution is 2.43. The molecule has 19 heavy (non-hydrogen) atoms. The van der Waals surface area contributed by atoms with Gasteiger partial charge in [-0.15, -0.1) is 0 Å². The molecule has 2 fully saturated rings. The van der Waals surface area contributed by atoms with Crippen molar-refractivity contribution in [3.05, 3.63) is 0 Å². The molecule has 3 atom stereocenters. The van der Waals surface area contributed by atoms with Crippen molar-refractivity contribution in [1.29, 1.82) is 0 Å². The van der Waals surface area contributed by atoms with Gasteiger partial charge in [-0.2, -0.15) is 0 Å². The first-order valence-corrected chi connectivity index (χ1v) is 9.44. The molecule has 4 nitrogen and oxygen atoms in total. The van der Waals surface area contributed by atoms with E-state index in [9.17, 15) is 8.42 Å². The van der Waals surface area contributed by atoms with Gasteiger partial charge in [0.05, 0.1) is 10.8 Å². The van der Waals surface area contributed by atoms with Crippen LogP contribution in [-0.2, 0) is 9.84 Å². The van der Waals surface area contributed by atoms with Gasteiger partial charge in [-0.05, 0) is 38.1 Å². The van der Waals surface area contributed by atoms with E-state index in [-0.39, 0.29) is 10.8 Å². The van der Waals surface area contributed by atoms with E-state index in [0.717, 1.165) is 25.8 Å². The number of likely N-dealkylation sites (tertiary alicyclic amines) is 1. The molecule has 0 aromatic carbocycles. The molecule has 0 aromatic rings. The third kappa shape index (κ3) is 2.57. The second-order valence-electron chi connectivity index (χ2n) is 6.67. The maximum absolute atomic E-state index is 12.2. The molecular weight excluding hydrogens is 260 g/mol. The Labute approximate surface area is 117 Å². The van der Waals surface area contributed by atoms with Gasteiger partial charge < -0.3 is 5.73 Å². The van der Waals surface area contributed by atoms with Gasteiger partial charge in [0.25, 0.3) is 0 Å². The third-order valence-electron chi connectivity index (χ3n) is 5.19. The zero-order chi connectivity index (χ0) is 14.3. The van der Waals surface area contributed by atoms with E-state index in [1.165, 1.54) is 19.1 Å². The lowest BCUT2D eigenvalue weighted by Gasteiger charge is -2.46. The van der Waals surface area contributed by atoms with Crippen LogP contribution in [0.2, 0.25) is 0 Å². The van der Waals surface area contributed by atoms with E-state index in [1.807, 2.05) is 0 Å². The topological polar surface area (TPSA) is 63.4 Å². The summed E-state index contributed by atoms with van der Waals surface area (Å²) in [5, 5.41) is -0.274. The molecule has 1 aliphatic heterocycles. The summed E-state index contributed by atoms with van der Waals surface area (Å²) in [7, 11) is -3.03. The van der Waals surface area contributed by atoms with Crippen molar-refractivity contribution in [2.24, 2.45) is 11.7 Å². The highest BCUT2D eigenvalue weighted by molar-refractivity contribution is 7.91. The third-order valence-corrected chi connectivity index (χ3v) is 6.89. The monoisotopic (exact) mass is 288 g/mol. The Morgan fingerprint density at radius 1 is 1.32 bits per heavy atom. The minimum Gasteiger partial charge on any atom is -0.329 e. The average molecular weight is 288 g/mol. The Bertz CT molecular complexity index is 421. The van der Waals surface area contributed by atoms with Gasteiger partial charge in [0, 0.05) is 18.8 Å². The van der Waals surface area contributed by atoms with Crippen LogP contribution in [0, 0.1) is 5.92 Å². The van der Waals surface area contributed by atoms with Crippen molar-refractivity contribution in [2.75, 3.05) is 19.3 Å². The predicted molar refractivity (Wildman–Crippen MR) is 78.8 cm³/mol. The van der Waals surface area contributed by atoms with Crippen molar-refractivity contribution in [3.8, 4) is 0 Å². The molecule has 2 aliphatic rings. The highest BCUT2D eigenvalue weighted by Gasteiger charge is 2.53. The summed E-state index contributed by atoms with van der Waals surface area (Å²) in [6, 6.07) is 0.492. The number of nitrogens with two attached hydrogens (primary N) is 1. The molecule has 0 radical (unpaired) electrons. The van der Waals surface area contributed by atoms with Crippen LogP contribution in [0.15, 0.2) is 0 Å². The predicted octanol–water partition coefficient (Wildman–Crippen LogP) is 1.40. The van der Waals surface area contributed by atoms with Crippen LogP contribution in [0.3, 0.4) is 0 Å². The molecule has 112 valence electrons. The van der Waals surface area contributed by atoms with Crippen LogP contribution < -0.4 is 5.73 Å². The molecule has 0 bridgehead atoms. The lowest BCUT2D eigenvalue weighted by molar-refractivity contribution is 0.0666. The molecule has 0 amide bonds. The molecule has 1 aliphatic carbocycles. The standard InChI is InChI=1S/C14H28N2O2S/c1-11(2)12-6-5-9-16(12)14(10-15)8-4-7-13(14)19(3,17)18/h11-13H,4-10,15H2,1-3H3. The summed E-state index contributed by atoms with van der Waals surface area (Å²) in [6.07, 6.45) is 6.42. The van der Waals surface area contributed by atoms with Crippen LogP contribution in [-0.4, -0.2) is 49.5 Å². The van der Waals surface area contributed by atoms with E-state index in [0.29, 0.717) is 18.5 Å². The maximum Gasteiger partial charge on any atom is 0.152 e. The summed E-state index contributed by atoms with van der Waals surface area (Å²) < 4.78 is 24.3. The summed E-state index contributed by atoms with van der Waals surface area (Å²) in [6.45, 7) is 5.94. The highest BCUT2D eigenvalue weighted by atomic mass is 32.2. The van der Waals surface area contributed by atoms with Gasteiger partial charge in [0.15, 0.2) is 9.84 Å². The smallest absolute Gasteiger partial charge is 0.152 e. The number of nitrogens with zero attached hydrogens (tertiary/aromatic N) is 1. The summed E-state index contributed by atoms with van der Waals surface area (Å²) in [4.78, 5) is 2.45. The zero-order valence-corrected chi connectivity index (χ0v) is 13.2. The SMILES string of the molecule is CC(C)C1CCCN1C1(CN)CCCC1S(C)(=O)=O. The van der Waals surface area contributed by atoms with Gasteiger partial charge >= 0.3 is 0 Å². The van der Waals surface area contributed by atoms with E-state index in [4.69, 9.17) is 5.73 Å². The zero-order valence-electron chi connectivity index (χ0n) is 12.4. The van der Waals surface area contributed by atoms with Gasteiger partial charge in [-0.25, -0.2) is 8.42 Å². The first-order chi connectivity index (χ1) is 8.83. The summed E-state index contributed by atoms with van der Waals surface area (Å²) >= 11 is 0. The van der Waals surface area contributed by atoms with Crippen LogP contribution in [0.4, 0.5) is 0 Å². The second kappa shape index (κ2) is 5.34. The Kier molecular flexibility index (Phi) is 4.29. The van der Waals surface area contributed by atoms with Crippen LogP contribution in [0.25, 0.3) is 0 Å². The van der Waals surface area contributed by atoms with E-state index in [2.05, 4.69) is 18.7 Å². The van der Waals surface area contributed by atoms with Crippen LogP contribution in [0.5, 0.6) is 0 Å². The van der Waals surface area contributed by atoms with Crippen LogP contribution >= 0.6 is 0 Å².